The van der Waals surface area contributed by atoms with E-state index in [1.54, 1.807) is 0 Å². The third-order valence-corrected chi connectivity index (χ3v) is 3.69. The summed E-state index contributed by atoms with van der Waals surface area (Å²) in [5.74, 6) is 0.862. The fraction of sp³-hybridized carbons (Fsp3) is 0.375. The lowest BCUT2D eigenvalue weighted by atomic mass is 10.1. The van der Waals surface area contributed by atoms with Crippen LogP contribution in [0.4, 0.5) is 0 Å². The highest BCUT2D eigenvalue weighted by Crippen LogP contribution is 2.21. The van der Waals surface area contributed by atoms with Crippen LogP contribution < -0.4 is 0 Å². The number of hydrogen-bond donors (Lipinski definition) is 0. The van der Waals surface area contributed by atoms with Crippen LogP contribution in [0.15, 0.2) is 34.9 Å². The first-order valence-electron chi connectivity index (χ1n) is 7.03. The first-order valence-corrected chi connectivity index (χ1v) is 7.03. The topological polar surface area (TPSA) is 46.3 Å². The molecule has 0 N–H and O–H groups in total. The largest absolute Gasteiger partial charge is 0.356 e. The van der Waals surface area contributed by atoms with E-state index in [0.717, 1.165) is 31.5 Å². The molecule has 1 aliphatic heterocycles. The molecule has 2 heterocycles. The van der Waals surface area contributed by atoms with Crippen LogP contribution in [-0.4, -0.2) is 29.1 Å². The minimum Gasteiger partial charge on any atom is -0.356 e. The van der Waals surface area contributed by atoms with Gasteiger partial charge in [0.25, 0.3) is 0 Å². The SMILES string of the molecule is Cc1ccc(-c2cc(CC(=O)N3CCCC3)no2)cc1. The minimum atomic E-state index is 0.145. The molecule has 20 heavy (non-hydrogen) atoms. The third kappa shape index (κ3) is 2.74. The van der Waals surface area contributed by atoms with Gasteiger partial charge in [-0.15, -0.1) is 0 Å². The fourth-order valence-electron chi connectivity index (χ4n) is 2.48. The number of nitrogens with zero attached hydrogens (tertiary/aromatic N) is 2. The van der Waals surface area contributed by atoms with E-state index in [9.17, 15) is 4.79 Å². The summed E-state index contributed by atoms with van der Waals surface area (Å²) in [7, 11) is 0. The maximum atomic E-state index is 12.0. The molecule has 0 atom stereocenters. The highest BCUT2D eigenvalue weighted by molar-refractivity contribution is 5.78. The molecule has 104 valence electrons. The Kier molecular flexibility index (Phi) is 3.54. The standard InChI is InChI=1S/C16H18N2O2/c1-12-4-6-13(7-5-12)15-10-14(17-20-15)11-16(19)18-8-2-3-9-18/h4-7,10H,2-3,8-9,11H2,1H3. The van der Waals surface area contributed by atoms with Crippen LogP contribution in [-0.2, 0) is 11.2 Å². The molecule has 1 fully saturated rings. The van der Waals surface area contributed by atoms with Gasteiger partial charge in [0.15, 0.2) is 5.76 Å². The Hall–Kier alpha value is -2.10. The molecule has 4 nitrogen and oxygen atoms in total. The second kappa shape index (κ2) is 5.49. The lowest BCUT2D eigenvalue weighted by Crippen LogP contribution is -2.29. The van der Waals surface area contributed by atoms with Crippen molar-refractivity contribution in [2.75, 3.05) is 13.1 Å². The van der Waals surface area contributed by atoms with Gasteiger partial charge in [-0.25, -0.2) is 0 Å². The average Bonchev–Trinajstić information content (AvgIpc) is 3.10. The molecule has 0 bridgehead atoms. The first kappa shape index (κ1) is 12.9. The summed E-state index contributed by atoms with van der Waals surface area (Å²) < 4.78 is 5.33. The summed E-state index contributed by atoms with van der Waals surface area (Å²) in [5.41, 5.74) is 2.90. The number of benzene rings is 1. The maximum absolute atomic E-state index is 12.0. The van der Waals surface area contributed by atoms with E-state index in [1.807, 2.05) is 42.2 Å². The van der Waals surface area contributed by atoms with Crippen molar-refractivity contribution < 1.29 is 9.32 Å². The minimum absolute atomic E-state index is 0.145. The van der Waals surface area contributed by atoms with Crippen LogP contribution in [0.3, 0.4) is 0 Å². The Labute approximate surface area is 118 Å². The number of likely N-dealkylation sites (tertiary alicyclic amines) is 1. The Morgan fingerprint density at radius 3 is 2.65 bits per heavy atom. The zero-order valence-electron chi connectivity index (χ0n) is 11.6. The van der Waals surface area contributed by atoms with E-state index < -0.39 is 0 Å². The van der Waals surface area contributed by atoms with Gasteiger partial charge < -0.3 is 9.42 Å². The van der Waals surface area contributed by atoms with E-state index in [4.69, 9.17) is 4.52 Å². The van der Waals surface area contributed by atoms with E-state index >= 15 is 0 Å². The van der Waals surface area contributed by atoms with Gasteiger partial charge in [-0.3, -0.25) is 4.79 Å². The number of amides is 1. The zero-order chi connectivity index (χ0) is 13.9. The van der Waals surface area contributed by atoms with Gasteiger partial charge in [-0.2, -0.15) is 0 Å². The van der Waals surface area contributed by atoms with Gasteiger partial charge in [0.05, 0.1) is 12.1 Å². The van der Waals surface area contributed by atoms with Crippen LogP contribution in [0, 0.1) is 6.92 Å². The molecule has 1 amide bonds. The second-order valence-corrected chi connectivity index (χ2v) is 5.31. The van der Waals surface area contributed by atoms with E-state index in [1.165, 1.54) is 5.56 Å². The van der Waals surface area contributed by atoms with Crippen molar-refractivity contribution in [2.24, 2.45) is 0 Å². The molecule has 0 saturated carbocycles. The van der Waals surface area contributed by atoms with Crippen LogP contribution in [0.5, 0.6) is 0 Å². The molecule has 0 radical (unpaired) electrons. The smallest absolute Gasteiger partial charge is 0.228 e. The average molecular weight is 270 g/mol. The Morgan fingerprint density at radius 2 is 1.95 bits per heavy atom. The van der Waals surface area contributed by atoms with Gasteiger partial charge in [0.2, 0.25) is 5.91 Å². The lowest BCUT2D eigenvalue weighted by Gasteiger charge is -2.13. The summed E-state index contributed by atoms with van der Waals surface area (Å²) in [6, 6.07) is 9.93. The number of hydrogen-bond acceptors (Lipinski definition) is 3. The quantitative estimate of drug-likeness (QED) is 0.861. The van der Waals surface area contributed by atoms with E-state index in [2.05, 4.69) is 5.16 Å². The number of carbonyl (C=O) groups excluding carboxylic acids is 1. The molecule has 0 aliphatic carbocycles. The summed E-state index contributed by atoms with van der Waals surface area (Å²) in [4.78, 5) is 14.0. The van der Waals surface area contributed by atoms with Gasteiger partial charge >= 0.3 is 0 Å². The number of aryl methyl sites for hydroxylation is 1. The van der Waals surface area contributed by atoms with Gasteiger partial charge in [0, 0.05) is 24.7 Å². The molecule has 1 saturated heterocycles. The summed E-state index contributed by atoms with van der Waals surface area (Å²) in [6.07, 6.45) is 2.55. The van der Waals surface area contributed by atoms with Crippen LogP contribution >= 0.6 is 0 Å². The highest BCUT2D eigenvalue weighted by atomic mass is 16.5. The number of rotatable bonds is 3. The number of carbonyl (C=O) groups is 1. The molecular formula is C16H18N2O2. The fourth-order valence-corrected chi connectivity index (χ4v) is 2.48. The zero-order valence-corrected chi connectivity index (χ0v) is 11.6. The van der Waals surface area contributed by atoms with E-state index in [-0.39, 0.29) is 5.91 Å². The van der Waals surface area contributed by atoms with Gasteiger partial charge in [0.1, 0.15) is 0 Å². The lowest BCUT2D eigenvalue weighted by molar-refractivity contribution is -0.129. The molecule has 3 rings (SSSR count). The van der Waals surface area contributed by atoms with Gasteiger partial charge in [-0.1, -0.05) is 35.0 Å². The van der Waals surface area contributed by atoms with Crippen molar-refractivity contribution in [1.82, 2.24) is 10.1 Å². The first-order chi connectivity index (χ1) is 9.72. The van der Waals surface area contributed by atoms with Crippen LogP contribution in [0.1, 0.15) is 24.1 Å². The summed E-state index contributed by atoms with van der Waals surface area (Å²) in [6.45, 7) is 3.80. The Morgan fingerprint density at radius 1 is 1.25 bits per heavy atom. The van der Waals surface area contributed by atoms with Crippen molar-refractivity contribution >= 4 is 5.91 Å². The second-order valence-electron chi connectivity index (χ2n) is 5.31. The molecule has 1 aromatic carbocycles. The molecule has 0 spiro atoms. The predicted octanol–water partition coefficient (Wildman–Crippen LogP) is 2.81. The summed E-state index contributed by atoms with van der Waals surface area (Å²) in [5, 5.41) is 4.00. The Balaban J connectivity index is 1.70. The normalized spacial score (nSPS) is 14.8. The molecule has 4 heteroatoms. The molecule has 2 aromatic rings. The third-order valence-electron chi connectivity index (χ3n) is 3.69. The summed E-state index contributed by atoms with van der Waals surface area (Å²) >= 11 is 0. The highest BCUT2D eigenvalue weighted by Gasteiger charge is 2.19. The Bertz CT molecular complexity index is 595. The molecular weight excluding hydrogens is 252 g/mol. The molecule has 1 aromatic heterocycles. The predicted molar refractivity (Wildman–Crippen MR) is 76.2 cm³/mol. The molecule has 0 unspecified atom stereocenters. The molecule has 1 aliphatic rings. The van der Waals surface area contributed by atoms with Crippen molar-refractivity contribution in [2.45, 2.75) is 26.2 Å². The van der Waals surface area contributed by atoms with Crippen molar-refractivity contribution in [3.05, 3.63) is 41.6 Å². The van der Waals surface area contributed by atoms with Crippen LogP contribution in [0.2, 0.25) is 0 Å². The van der Waals surface area contributed by atoms with Crippen molar-refractivity contribution in [1.29, 1.82) is 0 Å². The van der Waals surface area contributed by atoms with Crippen molar-refractivity contribution in [3.63, 3.8) is 0 Å². The number of aromatic nitrogens is 1. The van der Waals surface area contributed by atoms with E-state index in [0.29, 0.717) is 17.9 Å². The van der Waals surface area contributed by atoms with Gasteiger partial charge in [-0.05, 0) is 19.8 Å². The maximum Gasteiger partial charge on any atom is 0.228 e. The van der Waals surface area contributed by atoms with Crippen molar-refractivity contribution in [3.8, 4) is 11.3 Å². The van der Waals surface area contributed by atoms with Crippen LogP contribution in [0.25, 0.3) is 11.3 Å². The monoisotopic (exact) mass is 270 g/mol.